The van der Waals surface area contributed by atoms with Gasteiger partial charge in [0.25, 0.3) is 0 Å². The first-order valence-electron chi connectivity index (χ1n) is 6.67. The van der Waals surface area contributed by atoms with E-state index in [1.807, 2.05) is 31.2 Å². The van der Waals surface area contributed by atoms with Crippen LogP contribution in [0.3, 0.4) is 0 Å². The fraction of sp³-hybridized carbons (Fsp3) is 0.533. The Hall–Kier alpha value is -1.55. The Morgan fingerprint density at radius 2 is 2.11 bits per heavy atom. The molecule has 1 aliphatic rings. The van der Waals surface area contributed by atoms with Gasteiger partial charge in [-0.15, -0.1) is 0 Å². The standard InChI is InChI=1S/C15H21NO3/c1-15(14(17)18,11-6-8-16-9-7-11)12-4-3-5-13(10-12)19-2/h3-5,10-11,16H,6-9H2,1-2H3,(H,17,18). The Morgan fingerprint density at radius 1 is 1.42 bits per heavy atom. The van der Waals surface area contributed by atoms with E-state index < -0.39 is 11.4 Å². The van der Waals surface area contributed by atoms with Crippen LogP contribution in [0.4, 0.5) is 0 Å². The molecule has 0 amide bonds. The molecule has 2 rings (SSSR count). The fourth-order valence-electron chi connectivity index (χ4n) is 2.88. The summed E-state index contributed by atoms with van der Waals surface area (Å²) in [5, 5.41) is 13.0. The zero-order valence-electron chi connectivity index (χ0n) is 11.5. The van der Waals surface area contributed by atoms with Crippen LogP contribution in [-0.4, -0.2) is 31.3 Å². The number of rotatable bonds is 4. The second-order valence-electron chi connectivity index (χ2n) is 5.26. The smallest absolute Gasteiger partial charge is 0.314 e. The van der Waals surface area contributed by atoms with Gasteiger partial charge >= 0.3 is 5.97 Å². The summed E-state index contributed by atoms with van der Waals surface area (Å²) in [7, 11) is 1.60. The highest BCUT2D eigenvalue weighted by Gasteiger charge is 2.43. The Morgan fingerprint density at radius 3 is 2.68 bits per heavy atom. The summed E-state index contributed by atoms with van der Waals surface area (Å²) >= 11 is 0. The van der Waals surface area contributed by atoms with E-state index in [1.165, 1.54) is 0 Å². The third-order valence-electron chi connectivity index (χ3n) is 4.27. The van der Waals surface area contributed by atoms with Gasteiger partial charge in [-0.3, -0.25) is 4.79 Å². The van der Waals surface area contributed by atoms with Crippen LogP contribution >= 0.6 is 0 Å². The number of aliphatic carboxylic acids is 1. The molecular formula is C15H21NO3. The van der Waals surface area contributed by atoms with Crippen molar-refractivity contribution in [2.75, 3.05) is 20.2 Å². The molecule has 0 bridgehead atoms. The number of methoxy groups -OCH3 is 1. The van der Waals surface area contributed by atoms with Gasteiger partial charge < -0.3 is 15.2 Å². The van der Waals surface area contributed by atoms with E-state index in [0.29, 0.717) is 5.75 Å². The van der Waals surface area contributed by atoms with Crippen molar-refractivity contribution >= 4 is 5.97 Å². The average molecular weight is 263 g/mol. The van der Waals surface area contributed by atoms with Gasteiger partial charge in [-0.2, -0.15) is 0 Å². The first-order valence-corrected chi connectivity index (χ1v) is 6.67. The second kappa shape index (κ2) is 5.61. The highest BCUT2D eigenvalue weighted by Crippen LogP contribution is 2.38. The van der Waals surface area contributed by atoms with Crippen molar-refractivity contribution in [3.8, 4) is 5.75 Å². The van der Waals surface area contributed by atoms with Crippen LogP contribution in [0.1, 0.15) is 25.3 Å². The minimum atomic E-state index is -0.851. The van der Waals surface area contributed by atoms with Crippen LogP contribution in [0.25, 0.3) is 0 Å². The van der Waals surface area contributed by atoms with E-state index in [0.717, 1.165) is 31.5 Å². The molecule has 1 unspecified atom stereocenters. The molecule has 104 valence electrons. The van der Waals surface area contributed by atoms with Gasteiger partial charge in [0.15, 0.2) is 0 Å². The quantitative estimate of drug-likeness (QED) is 0.872. The predicted molar refractivity (Wildman–Crippen MR) is 73.6 cm³/mol. The fourth-order valence-corrected chi connectivity index (χ4v) is 2.88. The van der Waals surface area contributed by atoms with Crippen molar-refractivity contribution in [3.05, 3.63) is 29.8 Å². The van der Waals surface area contributed by atoms with Gasteiger partial charge in [0.2, 0.25) is 0 Å². The molecule has 0 aliphatic carbocycles. The molecule has 19 heavy (non-hydrogen) atoms. The number of hydrogen-bond donors (Lipinski definition) is 2. The van der Waals surface area contributed by atoms with Gasteiger partial charge in [-0.05, 0) is 56.5 Å². The van der Waals surface area contributed by atoms with E-state index in [4.69, 9.17) is 4.74 Å². The summed E-state index contributed by atoms with van der Waals surface area (Å²) in [6.45, 7) is 3.61. The first-order chi connectivity index (χ1) is 9.09. The summed E-state index contributed by atoms with van der Waals surface area (Å²) in [5.74, 6) is 0.102. The maximum Gasteiger partial charge on any atom is 0.314 e. The molecule has 0 aromatic heterocycles. The normalized spacial score (nSPS) is 19.7. The van der Waals surface area contributed by atoms with Crippen molar-refractivity contribution in [1.82, 2.24) is 5.32 Å². The van der Waals surface area contributed by atoms with Crippen LogP contribution in [-0.2, 0) is 10.2 Å². The highest BCUT2D eigenvalue weighted by atomic mass is 16.5. The average Bonchev–Trinajstić information content (AvgIpc) is 2.47. The van der Waals surface area contributed by atoms with E-state index in [-0.39, 0.29) is 5.92 Å². The summed E-state index contributed by atoms with van der Waals surface area (Å²) in [6, 6.07) is 7.43. The molecule has 2 N–H and O–H groups in total. The lowest BCUT2D eigenvalue weighted by atomic mass is 9.68. The topological polar surface area (TPSA) is 58.6 Å². The lowest BCUT2D eigenvalue weighted by Crippen LogP contribution is -2.45. The van der Waals surface area contributed by atoms with E-state index in [1.54, 1.807) is 7.11 Å². The Balaban J connectivity index is 2.39. The molecule has 1 aliphatic heterocycles. The number of benzene rings is 1. The van der Waals surface area contributed by atoms with Gasteiger partial charge in [0, 0.05) is 0 Å². The van der Waals surface area contributed by atoms with Crippen molar-refractivity contribution in [3.63, 3.8) is 0 Å². The molecule has 0 radical (unpaired) electrons. The summed E-state index contributed by atoms with van der Waals surface area (Å²) in [5.41, 5.74) is -0.0253. The molecule has 1 saturated heterocycles. The largest absolute Gasteiger partial charge is 0.497 e. The predicted octanol–water partition coefficient (Wildman–Crippen LogP) is 2.04. The molecule has 0 saturated carbocycles. The molecule has 1 atom stereocenters. The monoisotopic (exact) mass is 263 g/mol. The molecule has 4 nitrogen and oxygen atoms in total. The number of ether oxygens (including phenoxy) is 1. The molecule has 0 spiro atoms. The maximum absolute atomic E-state index is 11.9. The lowest BCUT2D eigenvalue weighted by Gasteiger charge is -2.37. The molecular weight excluding hydrogens is 242 g/mol. The maximum atomic E-state index is 11.9. The van der Waals surface area contributed by atoms with Crippen molar-refractivity contribution in [1.29, 1.82) is 0 Å². The third kappa shape index (κ3) is 2.59. The van der Waals surface area contributed by atoms with E-state index in [2.05, 4.69) is 5.32 Å². The van der Waals surface area contributed by atoms with Crippen molar-refractivity contribution in [2.45, 2.75) is 25.2 Å². The zero-order chi connectivity index (χ0) is 13.9. The minimum Gasteiger partial charge on any atom is -0.497 e. The van der Waals surface area contributed by atoms with Crippen LogP contribution in [0.15, 0.2) is 24.3 Å². The number of piperidine rings is 1. The molecule has 1 aromatic rings. The summed E-state index contributed by atoms with van der Waals surface area (Å²) in [4.78, 5) is 11.9. The SMILES string of the molecule is COc1cccc(C(C)(C(=O)O)C2CCNCC2)c1. The molecule has 1 heterocycles. The molecule has 1 aromatic carbocycles. The van der Waals surface area contributed by atoms with E-state index in [9.17, 15) is 9.90 Å². The number of hydrogen-bond acceptors (Lipinski definition) is 3. The van der Waals surface area contributed by atoms with Gasteiger partial charge in [0.05, 0.1) is 12.5 Å². The number of carbonyl (C=O) groups is 1. The van der Waals surface area contributed by atoms with Crippen LogP contribution < -0.4 is 10.1 Å². The highest BCUT2D eigenvalue weighted by molar-refractivity contribution is 5.81. The van der Waals surface area contributed by atoms with Crippen LogP contribution in [0.5, 0.6) is 5.75 Å². The summed E-state index contributed by atoms with van der Waals surface area (Å²) < 4.78 is 5.21. The zero-order valence-corrected chi connectivity index (χ0v) is 11.5. The Labute approximate surface area is 113 Å². The number of carboxylic acid groups (broad SMARTS) is 1. The Bertz CT molecular complexity index is 454. The van der Waals surface area contributed by atoms with Gasteiger partial charge in [-0.1, -0.05) is 12.1 Å². The molecule has 1 fully saturated rings. The van der Waals surface area contributed by atoms with Crippen molar-refractivity contribution < 1.29 is 14.6 Å². The van der Waals surface area contributed by atoms with E-state index >= 15 is 0 Å². The molecule has 4 heteroatoms. The van der Waals surface area contributed by atoms with Crippen LogP contribution in [0.2, 0.25) is 0 Å². The summed E-state index contributed by atoms with van der Waals surface area (Å²) in [6.07, 6.45) is 1.78. The number of carboxylic acids is 1. The van der Waals surface area contributed by atoms with Gasteiger partial charge in [0.1, 0.15) is 5.75 Å². The number of nitrogens with one attached hydrogen (secondary N) is 1. The Kier molecular flexibility index (Phi) is 4.10. The first kappa shape index (κ1) is 13.9. The second-order valence-corrected chi connectivity index (χ2v) is 5.26. The minimum absolute atomic E-state index is 0.151. The van der Waals surface area contributed by atoms with Crippen molar-refractivity contribution in [2.24, 2.45) is 5.92 Å². The lowest BCUT2D eigenvalue weighted by molar-refractivity contribution is -0.146. The van der Waals surface area contributed by atoms with Crippen LogP contribution in [0, 0.1) is 5.92 Å². The van der Waals surface area contributed by atoms with Gasteiger partial charge in [-0.25, -0.2) is 0 Å². The third-order valence-corrected chi connectivity index (χ3v) is 4.27.